The molecule has 1 N–H and O–H groups in total. The predicted molar refractivity (Wildman–Crippen MR) is 105 cm³/mol. The second-order valence-electron chi connectivity index (χ2n) is 5.71. The van der Waals surface area contributed by atoms with E-state index in [9.17, 15) is 4.79 Å². The largest absolute Gasteiger partial charge is 0.454 e. The van der Waals surface area contributed by atoms with Crippen molar-refractivity contribution in [2.24, 2.45) is 5.10 Å². The quantitative estimate of drug-likeness (QED) is 0.522. The van der Waals surface area contributed by atoms with E-state index in [1.807, 2.05) is 35.7 Å². The zero-order valence-electron chi connectivity index (χ0n) is 14.0. The molecule has 136 valence electrons. The van der Waals surface area contributed by atoms with Crippen molar-refractivity contribution in [3.63, 3.8) is 0 Å². The molecule has 2 aromatic carbocycles. The van der Waals surface area contributed by atoms with E-state index in [0.29, 0.717) is 27.8 Å². The number of rotatable bonds is 5. The molecular formula is C19H14ClN3O3S. The molecule has 1 aromatic heterocycles. The van der Waals surface area contributed by atoms with Gasteiger partial charge in [0.05, 0.1) is 23.4 Å². The number of aromatic nitrogens is 1. The van der Waals surface area contributed by atoms with Crippen molar-refractivity contribution in [1.82, 2.24) is 10.4 Å². The highest BCUT2D eigenvalue weighted by Gasteiger charge is 2.15. The van der Waals surface area contributed by atoms with Gasteiger partial charge in [0.15, 0.2) is 11.5 Å². The smallest absolute Gasteiger partial charge is 0.246 e. The summed E-state index contributed by atoms with van der Waals surface area (Å²) in [5.41, 5.74) is 4.85. The normalized spacial score (nSPS) is 12.5. The van der Waals surface area contributed by atoms with Crippen LogP contribution in [0.5, 0.6) is 11.5 Å². The highest BCUT2D eigenvalue weighted by molar-refractivity contribution is 7.13. The molecule has 3 aromatic rings. The van der Waals surface area contributed by atoms with Crippen LogP contribution in [0.2, 0.25) is 5.02 Å². The number of halogens is 1. The Morgan fingerprint density at radius 2 is 2.04 bits per heavy atom. The molecule has 0 fully saturated rings. The van der Waals surface area contributed by atoms with Crippen LogP contribution in [-0.2, 0) is 11.2 Å². The van der Waals surface area contributed by atoms with Crippen LogP contribution < -0.4 is 14.9 Å². The number of carbonyl (C=O) groups excluding carboxylic acids is 1. The molecule has 2 heterocycles. The number of hydrogen-bond acceptors (Lipinski definition) is 6. The minimum absolute atomic E-state index is 0.148. The first-order valence-corrected chi connectivity index (χ1v) is 9.36. The maximum Gasteiger partial charge on any atom is 0.246 e. The Morgan fingerprint density at radius 1 is 1.26 bits per heavy atom. The standard InChI is InChI=1S/C19H14ClN3O3S/c20-15-8-17-16(25-11-26-17)6-13(15)9-21-23-18(24)7-14-10-27-19(22-14)12-4-2-1-3-5-12/h1-6,8-10H,7,11H2,(H,23,24)/b21-9+. The maximum absolute atomic E-state index is 12.1. The van der Waals surface area contributed by atoms with Gasteiger partial charge in [-0.3, -0.25) is 4.79 Å². The number of nitrogens with one attached hydrogen (secondary N) is 1. The van der Waals surface area contributed by atoms with Gasteiger partial charge in [0, 0.05) is 22.6 Å². The van der Waals surface area contributed by atoms with Crippen molar-refractivity contribution >= 4 is 35.1 Å². The summed E-state index contributed by atoms with van der Waals surface area (Å²) in [6, 6.07) is 13.2. The summed E-state index contributed by atoms with van der Waals surface area (Å²) < 4.78 is 10.6. The Morgan fingerprint density at radius 3 is 2.85 bits per heavy atom. The van der Waals surface area contributed by atoms with Gasteiger partial charge in [-0.05, 0) is 6.07 Å². The molecule has 0 radical (unpaired) electrons. The van der Waals surface area contributed by atoms with Gasteiger partial charge in [-0.2, -0.15) is 5.10 Å². The van der Waals surface area contributed by atoms with Crippen LogP contribution in [0.15, 0.2) is 52.9 Å². The maximum atomic E-state index is 12.1. The molecule has 0 aliphatic carbocycles. The number of hydrogen-bond donors (Lipinski definition) is 1. The summed E-state index contributed by atoms with van der Waals surface area (Å²) in [7, 11) is 0. The number of thiazole rings is 1. The molecule has 0 unspecified atom stereocenters. The van der Waals surface area contributed by atoms with Gasteiger partial charge in [0.2, 0.25) is 12.7 Å². The molecule has 0 saturated carbocycles. The monoisotopic (exact) mass is 399 g/mol. The first-order chi connectivity index (χ1) is 13.2. The van der Waals surface area contributed by atoms with Crippen molar-refractivity contribution < 1.29 is 14.3 Å². The third-order valence-corrected chi connectivity index (χ3v) is 5.07. The Balaban J connectivity index is 1.36. The number of carbonyl (C=O) groups is 1. The molecule has 0 atom stereocenters. The number of amides is 1. The van der Waals surface area contributed by atoms with E-state index in [2.05, 4.69) is 15.5 Å². The fourth-order valence-electron chi connectivity index (χ4n) is 2.51. The minimum atomic E-state index is -0.256. The van der Waals surface area contributed by atoms with Gasteiger partial charge in [0.25, 0.3) is 0 Å². The Bertz CT molecular complexity index is 1000. The number of fused-ring (bicyclic) bond motifs is 1. The summed E-state index contributed by atoms with van der Waals surface area (Å²) in [6.45, 7) is 0.168. The molecule has 6 nitrogen and oxygen atoms in total. The SMILES string of the molecule is O=C(Cc1csc(-c2ccccc2)n1)N/N=C/c1cc2c(cc1Cl)OCO2. The van der Waals surface area contributed by atoms with Crippen molar-refractivity contribution in [2.45, 2.75) is 6.42 Å². The third-order valence-electron chi connectivity index (χ3n) is 3.80. The molecule has 1 aliphatic rings. The van der Waals surface area contributed by atoms with Gasteiger partial charge in [-0.25, -0.2) is 10.4 Å². The molecule has 0 bridgehead atoms. The molecule has 1 amide bonds. The first-order valence-electron chi connectivity index (χ1n) is 8.10. The average molecular weight is 400 g/mol. The van der Waals surface area contributed by atoms with E-state index in [1.165, 1.54) is 17.6 Å². The van der Waals surface area contributed by atoms with Gasteiger partial charge in [0.1, 0.15) is 5.01 Å². The van der Waals surface area contributed by atoms with Crippen molar-refractivity contribution in [2.75, 3.05) is 6.79 Å². The number of benzene rings is 2. The Hall–Kier alpha value is -2.90. The fraction of sp³-hybridized carbons (Fsp3) is 0.105. The number of ether oxygens (including phenoxy) is 2. The van der Waals surface area contributed by atoms with E-state index in [4.69, 9.17) is 21.1 Å². The second kappa shape index (κ2) is 7.77. The van der Waals surface area contributed by atoms with Gasteiger partial charge in [-0.1, -0.05) is 41.9 Å². The van der Waals surface area contributed by atoms with Crippen LogP contribution >= 0.6 is 22.9 Å². The molecule has 4 rings (SSSR count). The van der Waals surface area contributed by atoms with Crippen LogP contribution in [0.3, 0.4) is 0 Å². The highest BCUT2D eigenvalue weighted by Crippen LogP contribution is 2.36. The van der Waals surface area contributed by atoms with Gasteiger partial charge in [-0.15, -0.1) is 11.3 Å². The Labute approximate surface area is 164 Å². The van der Waals surface area contributed by atoms with Crippen molar-refractivity contribution in [3.05, 3.63) is 64.1 Å². The molecule has 8 heteroatoms. The lowest BCUT2D eigenvalue weighted by atomic mass is 10.2. The second-order valence-corrected chi connectivity index (χ2v) is 6.97. The van der Waals surface area contributed by atoms with Gasteiger partial charge >= 0.3 is 0 Å². The van der Waals surface area contributed by atoms with E-state index in [-0.39, 0.29) is 19.1 Å². The first kappa shape index (κ1) is 17.5. The zero-order valence-corrected chi connectivity index (χ0v) is 15.6. The molecular weight excluding hydrogens is 386 g/mol. The van der Waals surface area contributed by atoms with Crippen LogP contribution in [-0.4, -0.2) is 23.9 Å². The van der Waals surface area contributed by atoms with Crippen molar-refractivity contribution in [1.29, 1.82) is 0 Å². The van der Waals surface area contributed by atoms with Crippen molar-refractivity contribution in [3.8, 4) is 22.1 Å². The summed E-state index contributed by atoms with van der Waals surface area (Å²) in [5, 5.41) is 7.18. The van der Waals surface area contributed by atoms with Crippen LogP contribution in [0, 0.1) is 0 Å². The summed E-state index contributed by atoms with van der Waals surface area (Å²) >= 11 is 7.67. The molecule has 0 spiro atoms. The predicted octanol–water partition coefficient (Wildman–Crippen LogP) is 3.89. The van der Waals surface area contributed by atoms with E-state index in [1.54, 1.807) is 12.1 Å². The Kier molecular flexibility index (Phi) is 5.04. The summed E-state index contributed by atoms with van der Waals surface area (Å²) in [5.74, 6) is 0.940. The molecule has 27 heavy (non-hydrogen) atoms. The lowest BCUT2D eigenvalue weighted by Gasteiger charge is -2.01. The molecule has 0 saturated heterocycles. The minimum Gasteiger partial charge on any atom is -0.454 e. The summed E-state index contributed by atoms with van der Waals surface area (Å²) in [6.07, 6.45) is 1.62. The van der Waals surface area contributed by atoms with E-state index in [0.717, 1.165) is 10.6 Å². The lowest BCUT2D eigenvalue weighted by Crippen LogP contribution is -2.19. The van der Waals surface area contributed by atoms with Crippen LogP contribution in [0.25, 0.3) is 10.6 Å². The fourth-order valence-corrected chi connectivity index (χ4v) is 3.54. The number of hydrazone groups is 1. The summed E-state index contributed by atoms with van der Waals surface area (Å²) in [4.78, 5) is 16.6. The van der Waals surface area contributed by atoms with Crippen LogP contribution in [0.1, 0.15) is 11.3 Å². The molecule has 1 aliphatic heterocycles. The van der Waals surface area contributed by atoms with E-state index >= 15 is 0 Å². The zero-order chi connectivity index (χ0) is 18.6. The third kappa shape index (κ3) is 4.10. The van der Waals surface area contributed by atoms with Crippen LogP contribution in [0.4, 0.5) is 0 Å². The number of nitrogens with zero attached hydrogens (tertiary/aromatic N) is 2. The van der Waals surface area contributed by atoms with E-state index < -0.39 is 0 Å². The van der Waals surface area contributed by atoms with Gasteiger partial charge < -0.3 is 9.47 Å². The average Bonchev–Trinajstić information content (AvgIpc) is 3.32. The highest BCUT2D eigenvalue weighted by atomic mass is 35.5. The topological polar surface area (TPSA) is 72.8 Å². The lowest BCUT2D eigenvalue weighted by molar-refractivity contribution is -0.120.